The summed E-state index contributed by atoms with van der Waals surface area (Å²) in [6, 6.07) is 4.24. The highest BCUT2D eigenvalue weighted by Crippen LogP contribution is 2.28. The summed E-state index contributed by atoms with van der Waals surface area (Å²) in [5.74, 6) is -1.91. The highest BCUT2D eigenvalue weighted by Gasteiger charge is 2.38. The molecule has 0 radical (unpaired) electrons. The second-order valence-electron chi connectivity index (χ2n) is 7.73. The van der Waals surface area contributed by atoms with Crippen molar-refractivity contribution in [1.82, 2.24) is 25.2 Å². The highest BCUT2D eigenvalue weighted by molar-refractivity contribution is 5.92. The lowest BCUT2D eigenvalue weighted by Crippen LogP contribution is -2.60. The van der Waals surface area contributed by atoms with Crippen molar-refractivity contribution in [1.29, 1.82) is 0 Å². The number of rotatable bonds is 6. The third-order valence-electron chi connectivity index (χ3n) is 5.79. The second-order valence-corrected chi connectivity index (χ2v) is 7.73. The molecule has 3 aromatic heterocycles. The van der Waals surface area contributed by atoms with Gasteiger partial charge in [-0.1, -0.05) is 6.92 Å². The molecule has 1 aliphatic rings. The van der Waals surface area contributed by atoms with Crippen molar-refractivity contribution in [3.63, 3.8) is 0 Å². The Labute approximate surface area is 182 Å². The molecular formula is C22H23F2N5O3. The number of fused-ring (bicyclic) bond motifs is 1. The molecule has 10 heteroatoms. The third-order valence-corrected chi connectivity index (χ3v) is 5.79. The van der Waals surface area contributed by atoms with Gasteiger partial charge in [0.25, 0.3) is 17.4 Å². The number of amides is 1. The van der Waals surface area contributed by atoms with E-state index < -0.39 is 17.7 Å². The molecule has 168 valence electrons. The molecule has 32 heavy (non-hydrogen) atoms. The first kappa shape index (κ1) is 21.8. The Morgan fingerprint density at radius 3 is 2.78 bits per heavy atom. The number of hydrogen-bond donors (Lipinski definition) is 2. The predicted octanol–water partition coefficient (Wildman–Crippen LogP) is 2.17. The summed E-state index contributed by atoms with van der Waals surface area (Å²) in [5, 5.41) is 2.38. The molecule has 1 amide bonds. The van der Waals surface area contributed by atoms with Crippen LogP contribution in [-0.4, -0.2) is 51.5 Å². The minimum absolute atomic E-state index is 0.0380. The molecule has 2 unspecified atom stereocenters. The van der Waals surface area contributed by atoms with Crippen molar-refractivity contribution < 1.29 is 18.3 Å². The second kappa shape index (κ2) is 8.62. The predicted molar refractivity (Wildman–Crippen MR) is 114 cm³/mol. The quantitative estimate of drug-likeness (QED) is 0.567. The molecule has 1 saturated heterocycles. The Hall–Kier alpha value is -3.40. The molecule has 3 aromatic rings. The van der Waals surface area contributed by atoms with Gasteiger partial charge in [-0.25, -0.2) is 9.37 Å². The first-order chi connectivity index (χ1) is 15.3. The lowest BCUT2D eigenvalue weighted by atomic mass is 9.99. The van der Waals surface area contributed by atoms with Gasteiger partial charge in [0, 0.05) is 43.5 Å². The van der Waals surface area contributed by atoms with Crippen LogP contribution in [0.2, 0.25) is 0 Å². The zero-order valence-electron chi connectivity index (χ0n) is 17.9. The smallest absolute Gasteiger partial charge is 0.269 e. The van der Waals surface area contributed by atoms with Crippen LogP contribution < -0.4 is 15.6 Å². The molecule has 0 saturated carbocycles. The number of aromatic amines is 1. The maximum absolute atomic E-state index is 15.0. The number of halogens is 2. The van der Waals surface area contributed by atoms with Crippen LogP contribution in [0.1, 0.15) is 35.5 Å². The van der Waals surface area contributed by atoms with Crippen molar-refractivity contribution in [2.24, 2.45) is 0 Å². The van der Waals surface area contributed by atoms with Gasteiger partial charge < -0.3 is 15.0 Å². The number of carbonyl (C=O) groups is 1. The molecule has 0 aliphatic carbocycles. The number of H-pyrrole nitrogens is 1. The van der Waals surface area contributed by atoms with Gasteiger partial charge in [0.15, 0.2) is 11.6 Å². The van der Waals surface area contributed by atoms with Crippen LogP contribution in [0.3, 0.4) is 0 Å². The summed E-state index contributed by atoms with van der Waals surface area (Å²) < 4.78 is 34.9. The van der Waals surface area contributed by atoms with Crippen molar-refractivity contribution in [3.05, 3.63) is 63.3 Å². The Morgan fingerprint density at radius 1 is 1.34 bits per heavy atom. The Morgan fingerprint density at radius 2 is 2.12 bits per heavy atom. The minimum atomic E-state index is -0.864. The number of aryl methyl sites for hydroxylation is 1. The van der Waals surface area contributed by atoms with E-state index in [0.29, 0.717) is 29.6 Å². The number of nitrogens with zero attached hydrogens (tertiary/aromatic N) is 3. The van der Waals surface area contributed by atoms with Gasteiger partial charge in [-0.15, -0.1) is 0 Å². The number of ether oxygens (including phenoxy) is 1. The van der Waals surface area contributed by atoms with Crippen molar-refractivity contribution in [2.75, 3.05) is 13.6 Å². The summed E-state index contributed by atoms with van der Waals surface area (Å²) >= 11 is 0. The van der Waals surface area contributed by atoms with Gasteiger partial charge in [-0.2, -0.15) is 4.39 Å². The SMILES string of the molecule is CCc1cc2ncc(CN3CC(Oc4ccc(C(=O)NC)nc4F)C3C)c(F)c2[nH]c1=O. The lowest BCUT2D eigenvalue weighted by molar-refractivity contribution is -0.0437. The first-order valence-electron chi connectivity index (χ1n) is 10.3. The monoisotopic (exact) mass is 443 g/mol. The maximum atomic E-state index is 15.0. The van der Waals surface area contributed by atoms with E-state index in [9.17, 15) is 14.0 Å². The minimum Gasteiger partial charge on any atom is -0.483 e. The van der Waals surface area contributed by atoms with Crippen molar-refractivity contribution in [3.8, 4) is 5.75 Å². The van der Waals surface area contributed by atoms with E-state index in [4.69, 9.17) is 4.74 Å². The normalized spacial score (nSPS) is 18.4. The molecule has 1 fully saturated rings. The van der Waals surface area contributed by atoms with Crippen LogP contribution in [0.4, 0.5) is 8.78 Å². The Kier molecular flexibility index (Phi) is 5.88. The van der Waals surface area contributed by atoms with Gasteiger partial charge in [0.1, 0.15) is 17.3 Å². The fraction of sp³-hybridized carbons (Fsp3) is 0.364. The molecular weight excluding hydrogens is 420 g/mol. The van der Waals surface area contributed by atoms with Crippen LogP contribution in [0, 0.1) is 11.8 Å². The van der Waals surface area contributed by atoms with E-state index in [-0.39, 0.29) is 41.2 Å². The largest absolute Gasteiger partial charge is 0.483 e. The molecule has 0 spiro atoms. The standard InChI is InChI=1S/C22H23F2N5O3/c1-4-12-7-15-19(28-21(12)30)18(23)13(8-26-15)9-29-10-17(11(29)2)32-16-6-5-14(22(31)25-3)27-20(16)24/h5-8,11,17H,4,9-10H2,1-3H3,(H,25,31)(H,28,30). The Balaban J connectivity index is 1.45. The fourth-order valence-electron chi connectivity index (χ4n) is 3.70. The van der Waals surface area contributed by atoms with Crippen LogP contribution >= 0.6 is 0 Å². The van der Waals surface area contributed by atoms with E-state index >= 15 is 4.39 Å². The molecule has 4 heterocycles. The van der Waals surface area contributed by atoms with E-state index in [0.717, 1.165) is 0 Å². The number of aromatic nitrogens is 3. The van der Waals surface area contributed by atoms with Crippen LogP contribution in [-0.2, 0) is 13.0 Å². The molecule has 2 N–H and O–H groups in total. The van der Waals surface area contributed by atoms with Gasteiger partial charge >= 0.3 is 0 Å². The molecule has 8 nitrogen and oxygen atoms in total. The molecule has 4 rings (SSSR count). The van der Waals surface area contributed by atoms with E-state index in [2.05, 4.69) is 20.3 Å². The molecule has 2 atom stereocenters. The summed E-state index contributed by atoms with van der Waals surface area (Å²) in [7, 11) is 1.44. The van der Waals surface area contributed by atoms with Gasteiger partial charge in [-0.3, -0.25) is 19.5 Å². The van der Waals surface area contributed by atoms with Crippen molar-refractivity contribution in [2.45, 2.75) is 39.0 Å². The summed E-state index contributed by atoms with van der Waals surface area (Å²) in [4.78, 5) is 36.1. The zero-order valence-corrected chi connectivity index (χ0v) is 17.9. The number of pyridine rings is 3. The molecule has 0 aromatic carbocycles. The van der Waals surface area contributed by atoms with E-state index in [1.165, 1.54) is 25.4 Å². The van der Waals surface area contributed by atoms with Crippen molar-refractivity contribution >= 4 is 16.9 Å². The maximum Gasteiger partial charge on any atom is 0.269 e. The van der Waals surface area contributed by atoms with Gasteiger partial charge in [0.2, 0.25) is 0 Å². The van der Waals surface area contributed by atoms with E-state index in [1.54, 1.807) is 6.07 Å². The van der Waals surface area contributed by atoms with Gasteiger partial charge in [0.05, 0.1) is 5.52 Å². The van der Waals surface area contributed by atoms with E-state index in [1.807, 2.05) is 18.7 Å². The topological polar surface area (TPSA) is 100 Å². The average Bonchev–Trinajstić information content (AvgIpc) is 2.79. The van der Waals surface area contributed by atoms with Crippen LogP contribution in [0.25, 0.3) is 11.0 Å². The number of likely N-dealkylation sites (tertiary alicyclic amines) is 1. The summed E-state index contributed by atoms with van der Waals surface area (Å²) in [5.41, 5.74) is 1.05. The highest BCUT2D eigenvalue weighted by atomic mass is 19.1. The summed E-state index contributed by atoms with van der Waals surface area (Å²) in [6.07, 6.45) is 1.69. The van der Waals surface area contributed by atoms with Crippen LogP contribution in [0.15, 0.2) is 29.2 Å². The first-order valence-corrected chi connectivity index (χ1v) is 10.3. The average molecular weight is 443 g/mol. The fourth-order valence-corrected chi connectivity index (χ4v) is 3.70. The number of nitrogens with one attached hydrogen (secondary N) is 2. The molecule has 1 aliphatic heterocycles. The third kappa shape index (κ3) is 3.93. The Bertz CT molecular complexity index is 1250. The van der Waals surface area contributed by atoms with Gasteiger partial charge in [-0.05, 0) is 31.5 Å². The molecule has 0 bridgehead atoms. The zero-order chi connectivity index (χ0) is 23.0. The number of carbonyl (C=O) groups excluding carboxylic acids is 1. The lowest BCUT2D eigenvalue weighted by Gasteiger charge is -2.45. The number of hydrogen-bond acceptors (Lipinski definition) is 6. The van der Waals surface area contributed by atoms with Crippen LogP contribution in [0.5, 0.6) is 5.75 Å². The summed E-state index contributed by atoms with van der Waals surface area (Å²) in [6.45, 7) is 4.45.